The largest absolute Gasteiger partial charge is 0.510 e. The molecule has 0 saturated carbocycles. The van der Waals surface area contributed by atoms with Crippen LogP contribution in [0.1, 0.15) is 23.4 Å². The highest BCUT2D eigenvalue weighted by Crippen LogP contribution is 2.28. The third-order valence-corrected chi connectivity index (χ3v) is 4.29. The number of aromatic nitrogens is 2. The second-order valence-corrected chi connectivity index (χ2v) is 5.98. The second kappa shape index (κ2) is 6.04. The lowest BCUT2D eigenvalue weighted by molar-refractivity contribution is 0.186. The van der Waals surface area contributed by atoms with E-state index in [0.29, 0.717) is 36.9 Å². The van der Waals surface area contributed by atoms with Crippen LogP contribution in [0.15, 0.2) is 17.9 Å². The van der Waals surface area contributed by atoms with Gasteiger partial charge in [0, 0.05) is 20.3 Å². The van der Waals surface area contributed by atoms with Crippen LogP contribution in [-0.2, 0) is 4.74 Å². The number of aromatic amines is 1. The van der Waals surface area contributed by atoms with Crippen LogP contribution in [0.3, 0.4) is 0 Å². The van der Waals surface area contributed by atoms with Gasteiger partial charge < -0.3 is 19.7 Å². The number of H-pyrrole nitrogens is 1. The van der Waals surface area contributed by atoms with E-state index in [1.807, 2.05) is 17.0 Å². The molecule has 6 heteroatoms. The van der Waals surface area contributed by atoms with Crippen molar-refractivity contribution >= 4 is 22.4 Å². The molecule has 2 aromatic rings. The van der Waals surface area contributed by atoms with Gasteiger partial charge >= 0.3 is 0 Å². The minimum atomic E-state index is 0.194. The molecule has 0 spiro atoms. The van der Waals surface area contributed by atoms with Crippen LogP contribution in [0.25, 0.3) is 16.6 Å². The number of amidine groups is 1. The van der Waals surface area contributed by atoms with Crippen molar-refractivity contribution < 1.29 is 9.84 Å². The van der Waals surface area contributed by atoms with E-state index in [0.717, 1.165) is 17.5 Å². The normalized spacial score (nSPS) is 15.3. The van der Waals surface area contributed by atoms with Crippen molar-refractivity contribution in [1.82, 2.24) is 14.9 Å². The van der Waals surface area contributed by atoms with E-state index in [1.54, 1.807) is 7.11 Å². The summed E-state index contributed by atoms with van der Waals surface area (Å²) >= 11 is 0. The molecule has 0 fully saturated rings. The van der Waals surface area contributed by atoms with Crippen molar-refractivity contribution in [3.05, 3.63) is 34.8 Å². The zero-order chi connectivity index (χ0) is 16.6. The van der Waals surface area contributed by atoms with Crippen LogP contribution in [0.2, 0.25) is 0 Å². The van der Waals surface area contributed by atoms with Crippen molar-refractivity contribution in [2.75, 3.05) is 26.8 Å². The Morgan fingerprint density at radius 1 is 1.35 bits per heavy atom. The molecule has 0 unspecified atom stereocenters. The van der Waals surface area contributed by atoms with Gasteiger partial charge in [-0.15, -0.1) is 0 Å². The molecule has 1 aliphatic rings. The third-order valence-electron chi connectivity index (χ3n) is 4.29. The van der Waals surface area contributed by atoms with Crippen LogP contribution in [0.4, 0.5) is 0 Å². The summed E-state index contributed by atoms with van der Waals surface area (Å²) in [5, 5.41) is 18.6. The number of nitrogens with zero attached hydrogens (tertiary/aromatic N) is 2. The van der Waals surface area contributed by atoms with Crippen LogP contribution in [0.5, 0.6) is 0 Å². The van der Waals surface area contributed by atoms with Crippen LogP contribution >= 0.6 is 0 Å². The number of ether oxygens (including phenoxy) is 1. The maximum Gasteiger partial charge on any atom is 0.145 e. The van der Waals surface area contributed by atoms with E-state index in [9.17, 15) is 5.11 Å². The molecular weight excluding hydrogens is 292 g/mol. The molecule has 3 N–H and O–H groups in total. The van der Waals surface area contributed by atoms with Gasteiger partial charge in [-0.3, -0.25) is 5.41 Å². The number of methoxy groups -OCH3 is 1. The molecule has 1 aliphatic heterocycles. The molecular formula is C17H22N4O2. The SMILES string of the molecule is COCCCN1CC(O)=C(c2nc3cc(C)c(C)cc3[nH]2)C1=N. The van der Waals surface area contributed by atoms with Crippen LogP contribution in [0, 0.1) is 19.3 Å². The Kier molecular flexibility index (Phi) is 4.09. The van der Waals surface area contributed by atoms with Crippen molar-refractivity contribution in [2.24, 2.45) is 0 Å². The molecule has 0 aliphatic carbocycles. The Balaban J connectivity index is 1.89. The lowest BCUT2D eigenvalue weighted by Crippen LogP contribution is -2.28. The van der Waals surface area contributed by atoms with Crippen molar-refractivity contribution in [3.8, 4) is 0 Å². The number of rotatable bonds is 5. The van der Waals surface area contributed by atoms with Crippen LogP contribution < -0.4 is 0 Å². The van der Waals surface area contributed by atoms with Gasteiger partial charge in [-0.1, -0.05) is 0 Å². The topological polar surface area (TPSA) is 85.2 Å². The highest BCUT2D eigenvalue weighted by atomic mass is 16.5. The van der Waals surface area contributed by atoms with E-state index in [-0.39, 0.29) is 5.76 Å². The molecule has 0 atom stereocenters. The Bertz CT molecular complexity index is 752. The second-order valence-electron chi connectivity index (χ2n) is 5.98. The summed E-state index contributed by atoms with van der Waals surface area (Å²) in [6, 6.07) is 4.07. The quantitative estimate of drug-likeness (QED) is 0.741. The molecule has 2 heterocycles. The number of benzene rings is 1. The number of nitrogens with one attached hydrogen (secondary N) is 2. The van der Waals surface area contributed by atoms with E-state index in [1.165, 1.54) is 11.1 Å². The van der Waals surface area contributed by atoms with Crippen molar-refractivity contribution in [2.45, 2.75) is 20.3 Å². The first kappa shape index (κ1) is 15.6. The summed E-state index contributed by atoms with van der Waals surface area (Å²) < 4.78 is 5.05. The Morgan fingerprint density at radius 2 is 2.09 bits per heavy atom. The summed E-state index contributed by atoms with van der Waals surface area (Å²) in [6.45, 7) is 5.78. The van der Waals surface area contributed by atoms with Gasteiger partial charge in [0.15, 0.2) is 0 Å². The zero-order valence-corrected chi connectivity index (χ0v) is 13.7. The Morgan fingerprint density at radius 3 is 2.83 bits per heavy atom. The Hall–Kier alpha value is -2.34. The molecule has 0 radical (unpaired) electrons. The average Bonchev–Trinajstić information content (AvgIpc) is 3.01. The van der Waals surface area contributed by atoms with Gasteiger partial charge in [-0.2, -0.15) is 0 Å². The molecule has 0 bridgehead atoms. The van der Waals surface area contributed by atoms with E-state index >= 15 is 0 Å². The summed E-state index contributed by atoms with van der Waals surface area (Å²) in [5.41, 5.74) is 4.64. The first-order chi connectivity index (χ1) is 11.0. The monoisotopic (exact) mass is 314 g/mol. The fourth-order valence-corrected chi connectivity index (χ4v) is 2.86. The summed E-state index contributed by atoms with van der Waals surface area (Å²) in [7, 11) is 1.66. The zero-order valence-electron chi connectivity index (χ0n) is 13.7. The number of aryl methyl sites for hydroxylation is 2. The lowest BCUT2D eigenvalue weighted by atomic mass is 10.1. The highest BCUT2D eigenvalue weighted by molar-refractivity contribution is 6.23. The number of hydrogen-bond donors (Lipinski definition) is 3. The smallest absolute Gasteiger partial charge is 0.145 e. The predicted octanol–water partition coefficient (Wildman–Crippen LogP) is 2.78. The number of fused-ring (bicyclic) bond motifs is 1. The number of hydrogen-bond acceptors (Lipinski definition) is 4. The minimum Gasteiger partial charge on any atom is -0.510 e. The van der Waals surface area contributed by atoms with Gasteiger partial charge in [-0.05, 0) is 43.5 Å². The molecule has 6 nitrogen and oxygen atoms in total. The average molecular weight is 314 g/mol. The fraction of sp³-hybridized carbons (Fsp3) is 0.412. The number of aliphatic hydroxyl groups is 1. The van der Waals surface area contributed by atoms with Gasteiger partial charge in [0.25, 0.3) is 0 Å². The van der Waals surface area contributed by atoms with Gasteiger partial charge in [0.2, 0.25) is 0 Å². The molecule has 1 aromatic heterocycles. The minimum absolute atomic E-state index is 0.194. The summed E-state index contributed by atoms with van der Waals surface area (Å²) in [6.07, 6.45) is 0.817. The number of aliphatic hydroxyl groups excluding tert-OH is 1. The maximum absolute atomic E-state index is 10.3. The van der Waals surface area contributed by atoms with Crippen molar-refractivity contribution in [1.29, 1.82) is 5.41 Å². The van der Waals surface area contributed by atoms with Crippen LogP contribution in [-0.4, -0.2) is 52.6 Å². The van der Waals surface area contributed by atoms with E-state index in [4.69, 9.17) is 10.1 Å². The molecule has 3 rings (SSSR count). The first-order valence-electron chi connectivity index (χ1n) is 7.73. The third kappa shape index (κ3) is 2.82. The standard InChI is InChI=1S/C17H22N4O2/c1-10-7-12-13(8-11(10)2)20-17(19-12)15-14(22)9-21(16(15)18)5-4-6-23-3/h7-8,18,22H,4-6,9H2,1-3H3,(H,19,20). The number of imidazole rings is 1. The van der Waals surface area contributed by atoms with E-state index < -0.39 is 0 Å². The van der Waals surface area contributed by atoms with Gasteiger partial charge in [0.1, 0.15) is 17.4 Å². The molecule has 0 amide bonds. The molecule has 0 saturated heterocycles. The first-order valence-corrected chi connectivity index (χ1v) is 7.73. The summed E-state index contributed by atoms with van der Waals surface area (Å²) in [4.78, 5) is 9.64. The van der Waals surface area contributed by atoms with E-state index in [2.05, 4.69) is 23.8 Å². The maximum atomic E-state index is 10.3. The predicted molar refractivity (Wildman–Crippen MR) is 90.9 cm³/mol. The lowest BCUT2D eigenvalue weighted by Gasteiger charge is -2.17. The highest BCUT2D eigenvalue weighted by Gasteiger charge is 2.29. The molecule has 122 valence electrons. The summed E-state index contributed by atoms with van der Waals surface area (Å²) in [5.74, 6) is 1.06. The fourth-order valence-electron chi connectivity index (χ4n) is 2.86. The van der Waals surface area contributed by atoms with Gasteiger partial charge in [-0.25, -0.2) is 4.98 Å². The van der Waals surface area contributed by atoms with Gasteiger partial charge in [0.05, 0.1) is 23.2 Å². The van der Waals surface area contributed by atoms with Crippen molar-refractivity contribution in [3.63, 3.8) is 0 Å². The molecule has 1 aromatic carbocycles. The Labute approximate surface area is 135 Å². The molecule has 23 heavy (non-hydrogen) atoms.